The van der Waals surface area contributed by atoms with Gasteiger partial charge < -0.3 is 9.64 Å². The molecule has 0 N–H and O–H groups in total. The van der Waals surface area contributed by atoms with Gasteiger partial charge in [0.15, 0.2) is 0 Å². The smallest absolute Gasteiger partial charge is 0.308 e. The molecular weight excluding hydrogens is 558 g/mol. The lowest BCUT2D eigenvalue weighted by molar-refractivity contribution is -0.136. The van der Waals surface area contributed by atoms with E-state index in [1.165, 1.54) is 21.2 Å². The number of fused-ring (bicyclic) bond motifs is 2. The van der Waals surface area contributed by atoms with Crippen LogP contribution >= 0.6 is 23.1 Å². The molecule has 0 spiro atoms. The van der Waals surface area contributed by atoms with E-state index in [9.17, 15) is 19.2 Å². The van der Waals surface area contributed by atoms with Crippen LogP contribution in [0.4, 0.5) is 5.69 Å². The number of thiazole rings is 1. The van der Waals surface area contributed by atoms with Crippen LogP contribution in [-0.4, -0.2) is 58.7 Å². The molecule has 2 fully saturated rings. The van der Waals surface area contributed by atoms with Crippen LogP contribution in [0.25, 0.3) is 0 Å². The summed E-state index contributed by atoms with van der Waals surface area (Å²) in [5, 5.41) is -0.0954. The van der Waals surface area contributed by atoms with Gasteiger partial charge in [-0.2, -0.15) is 0 Å². The predicted molar refractivity (Wildman–Crippen MR) is 160 cm³/mol. The number of benzene rings is 2. The van der Waals surface area contributed by atoms with Gasteiger partial charge in [-0.1, -0.05) is 85.8 Å². The van der Waals surface area contributed by atoms with Gasteiger partial charge in [0, 0.05) is 23.9 Å². The molecule has 3 amide bonds. The Hall–Kier alpha value is -3.21. The summed E-state index contributed by atoms with van der Waals surface area (Å²) in [6.07, 6.45) is 0. The fraction of sp³-hybridized carbons (Fsp3) is 0.419. The molecular formula is C31H33N3O5S2. The Balaban J connectivity index is 1.44. The summed E-state index contributed by atoms with van der Waals surface area (Å²) < 4.78 is 6.88. The number of morpholine rings is 1. The number of imide groups is 1. The van der Waals surface area contributed by atoms with Crippen LogP contribution in [0.15, 0.2) is 58.4 Å². The molecule has 3 aliphatic rings. The maximum atomic E-state index is 14.1. The molecule has 0 aliphatic carbocycles. The number of rotatable bonds is 4. The molecule has 4 heterocycles. The largest absolute Gasteiger partial charge is 0.378 e. The van der Waals surface area contributed by atoms with E-state index < -0.39 is 17.1 Å². The third kappa shape index (κ3) is 4.96. The average Bonchev–Trinajstić information content (AvgIpc) is 3.40. The Labute approximate surface area is 247 Å². The van der Waals surface area contributed by atoms with E-state index >= 15 is 0 Å². The summed E-state index contributed by atoms with van der Waals surface area (Å²) in [4.78, 5) is 58.0. The summed E-state index contributed by atoms with van der Waals surface area (Å²) in [5.74, 6) is -1.85. The molecule has 0 saturated carbocycles. The van der Waals surface area contributed by atoms with Gasteiger partial charge in [-0.3, -0.25) is 23.7 Å². The van der Waals surface area contributed by atoms with E-state index in [1.54, 1.807) is 17.0 Å². The normalized spacial score (nSPS) is 22.6. The molecule has 1 aromatic heterocycles. The standard InChI is InChI=1S/C31H33N3O5S2/c1-18-5-11-21(12-6-18)34-27(36)24-23(19-7-9-20(10-8-19)31(2,3)4)26-29(40-25(24)28(34)37)33(30(38)41-26)17-22(35)32-13-15-39-16-14-32/h5-12,23-25H,13-17H2,1-4H3/t23-,24?,25?/m1/s1. The Morgan fingerprint density at radius 2 is 1.61 bits per heavy atom. The van der Waals surface area contributed by atoms with Crippen molar-refractivity contribution in [2.24, 2.45) is 5.92 Å². The maximum Gasteiger partial charge on any atom is 0.308 e. The predicted octanol–water partition coefficient (Wildman–Crippen LogP) is 4.17. The first-order chi connectivity index (χ1) is 19.5. The van der Waals surface area contributed by atoms with Gasteiger partial charge >= 0.3 is 4.87 Å². The van der Waals surface area contributed by atoms with Crippen LogP contribution in [0.3, 0.4) is 0 Å². The zero-order valence-electron chi connectivity index (χ0n) is 23.6. The first-order valence-corrected chi connectivity index (χ1v) is 15.5. The molecule has 6 rings (SSSR count). The molecule has 41 heavy (non-hydrogen) atoms. The number of thioether (sulfide) groups is 1. The highest BCUT2D eigenvalue weighted by molar-refractivity contribution is 8.00. The minimum Gasteiger partial charge on any atom is -0.378 e. The van der Waals surface area contributed by atoms with E-state index in [1.807, 2.05) is 31.2 Å². The number of carbonyl (C=O) groups excluding carboxylic acids is 3. The minimum absolute atomic E-state index is 0.0516. The van der Waals surface area contributed by atoms with Crippen molar-refractivity contribution in [1.29, 1.82) is 0 Å². The molecule has 2 aromatic carbocycles. The second-order valence-corrected chi connectivity index (χ2v) is 14.0. The molecule has 3 aliphatic heterocycles. The van der Waals surface area contributed by atoms with Crippen molar-refractivity contribution in [2.45, 2.75) is 55.8 Å². The highest BCUT2D eigenvalue weighted by Crippen LogP contribution is 2.54. The first-order valence-electron chi connectivity index (χ1n) is 13.8. The number of aromatic nitrogens is 1. The van der Waals surface area contributed by atoms with Crippen molar-refractivity contribution < 1.29 is 19.1 Å². The molecule has 8 nitrogen and oxygen atoms in total. The highest BCUT2D eigenvalue weighted by atomic mass is 32.2. The number of nitrogens with zero attached hydrogens (tertiary/aromatic N) is 3. The molecule has 3 aromatic rings. The van der Waals surface area contributed by atoms with Crippen molar-refractivity contribution in [3.05, 3.63) is 79.8 Å². The van der Waals surface area contributed by atoms with Gasteiger partial charge in [-0.05, 0) is 35.6 Å². The number of ether oxygens (including phenoxy) is 1. The Morgan fingerprint density at radius 3 is 2.24 bits per heavy atom. The van der Waals surface area contributed by atoms with Crippen LogP contribution < -0.4 is 9.77 Å². The zero-order chi connectivity index (χ0) is 29.1. The maximum absolute atomic E-state index is 14.1. The lowest BCUT2D eigenvalue weighted by Crippen LogP contribution is -2.43. The first kappa shape index (κ1) is 27.9. The van der Waals surface area contributed by atoms with Gasteiger partial charge in [0.1, 0.15) is 11.8 Å². The number of amides is 3. The van der Waals surface area contributed by atoms with Crippen molar-refractivity contribution >= 4 is 46.5 Å². The quantitative estimate of drug-likeness (QED) is 0.424. The van der Waals surface area contributed by atoms with Crippen molar-refractivity contribution in [3.8, 4) is 0 Å². The average molecular weight is 592 g/mol. The summed E-state index contributed by atoms with van der Waals surface area (Å²) in [7, 11) is 0. The number of anilines is 1. The molecule has 0 bridgehead atoms. The second-order valence-electron chi connectivity index (χ2n) is 11.9. The fourth-order valence-corrected chi connectivity index (χ4v) is 8.57. The van der Waals surface area contributed by atoms with Gasteiger partial charge in [0.2, 0.25) is 17.7 Å². The molecule has 2 saturated heterocycles. The number of hydrogen-bond acceptors (Lipinski definition) is 7. The number of hydrogen-bond donors (Lipinski definition) is 0. The van der Waals surface area contributed by atoms with Crippen LogP contribution in [0.1, 0.15) is 48.3 Å². The SMILES string of the molecule is Cc1ccc(N2C(=O)C3Sc4c(sc(=O)n4CC(=O)N4CCOCC4)[C@H](c4ccc(C(C)(C)C)cc4)C3C2=O)cc1. The number of carbonyl (C=O) groups is 3. The lowest BCUT2D eigenvalue weighted by atomic mass is 9.81. The molecule has 2 unspecified atom stereocenters. The zero-order valence-corrected chi connectivity index (χ0v) is 25.2. The van der Waals surface area contributed by atoms with Crippen LogP contribution in [0.5, 0.6) is 0 Å². The third-order valence-corrected chi connectivity index (χ3v) is 10.7. The Kier molecular flexibility index (Phi) is 7.20. The van der Waals surface area contributed by atoms with Gasteiger partial charge in [-0.15, -0.1) is 0 Å². The molecule has 0 radical (unpaired) electrons. The van der Waals surface area contributed by atoms with E-state index in [-0.39, 0.29) is 34.6 Å². The van der Waals surface area contributed by atoms with E-state index in [4.69, 9.17) is 4.74 Å². The second kappa shape index (κ2) is 10.6. The Bertz CT molecular complexity index is 1560. The lowest BCUT2D eigenvalue weighted by Gasteiger charge is -2.31. The van der Waals surface area contributed by atoms with Crippen LogP contribution in [-0.2, 0) is 31.1 Å². The van der Waals surface area contributed by atoms with Gasteiger partial charge in [-0.25, -0.2) is 4.90 Å². The van der Waals surface area contributed by atoms with Crippen LogP contribution in [0, 0.1) is 12.8 Å². The van der Waals surface area contributed by atoms with Gasteiger partial charge in [0.05, 0.1) is 29.8 Å². The van der Waals surface area contributed by atoms with Crippen molar-refractivity contribution in [2.75, 3.05) is 31.2 Å². The third-order valence-electron chi connectivity index (χ3n) is 8.13. The Morgan fingerprint density at radius 1 is 0.951 bits per heavy atom. The molecule has 10 heteroatoms. The fourth-order valence-electron chi connectivity index (χ4n) is 5.80. The van der Waals surface area contributed by atoms with E-state index in [0.717, 1.165) is 32.9 Å². The molecule has 214 valence electrons. The summed E-state index contributed by atoms with van der Waals surface area (Å²) >= 11 is 2.33. The summed E-state index contributed by atoms with van der Waals surface area (Å²) in [5.41, 5.74) is 3.57. The summed E-state index contributed by atoms with van der Waals surface area (Å²) in [6.45, 7) is 10.2. The highest BCUT2D eigenvalue weighted by Gasteiger charge is 2.56. The van der Waals surface area contributed by atoms with Gasteiger partial charge in [0.25, 0.3) is 0 Å². The van der Waals surface area contributed by atoms with Crippen molar-refractivity contribution in [1.82, 2.24) is 9.47 Å². The molecule has 3 atom stereocenters. The van der Waals surface area contributed by atoms with E-state index in [2.05, 4.69) is 32.9 Å². The minimum atomic E-state index is -0.706. The van der Waals surface area contributed by atoms with Crippen LogP contribution in [0.2, 0.25) is 0 Å². The number of aryl methyl sites for hydroxylation is 1. The monoisotopic (exact) mass is 591 g/mol. The van der Waals surface area contributed by atoms with E-state index in [0.29, 0.717) is 37.0 Å². The van der Waals surface area contributed by atoms with Crippen molar-refractivity contribution in [3.63, 3.8) is 0 Å². The summed E-state index contributed by atoms with van der Waals surface area (Å²) in [6, 6.07) is 15.5. The topological polar surface area (TPSA) is 88.9 Å².